The summed E-state index contributed by atoms with van der Waals surface area (Å²) >= 11 is 0. The zero-order valence-electron chi connectivity index (χ0n) is 7.40. The molecule has 2 N–H and O–H groups in total. The molecule has 11 heavy (non-hydrogen) atoms. The fourth-order valence-electron chi connectivity index (χ4n) is 2.63. The van der Waals surface area contributed by atoms with Crippen LogP contribution in [0.5, 0.6) is 0 Å². The first-order valence-electron chi connectivity index (χ1n) is 4.97. The third kappa shape index (κ3) is 1.42. The Morgan fingerprint density at radius 1 is 1.36 bits per heavy atom. The number of fused-ring (bicyclic) bond motifs is 3. The van der Waals surface area contributed by atoms with Gasteiger partial charge in [-0.25, -0.2) is 0 Å². The van der Waals surface area contributed by atoms with E-state index in [1.54, 1.807) is 0 Å². The molecule has 0 aromatic carbocycles. The summed E-state index contributed by atoms with van der Waals surface area (Å²) in [7, 11) is 0. The molecule has 3 rings (SSSR count). The van der Waals surface area contributed by atoms with Crippen molar-refractivity contribution < 1.29 is 4.90 Å². The van der Waals surface area contributed by atoms with Crippen LogP contribution in [0.1, 0.15) is 19.8 Å². The molecule has 0 aromatic heterocycles. The maximum absolute atomic E-state index is 3.60. The Labute approximate surface area is 69.0 Å². The molecule has 3 aliphatic rings. The molecule has 2 bridgehead atoms. The Morgan fingerprint density at radius 2 is 2.09 bits per heavy atom. The minimum Gasteiger partial charge on any atom is -0.334 e. The van der Waals surface area contributed by atoms with Gasteiger partial charge in [0.1, 0.15) is 0 Å². The van der Waals surface area contributed by atoms with Gasteiger partial charge in [0.2, 0.25) is 0 Å². The largest absolute Gasteiger partial charge is 0.334 e. The van der Waals surface area contributed by atoms with Crippen LogP contribution in [0.25, 0.3) is 0 Å². The summed E-state index contributed by atoms with van der Waals surface area (Å²) < 4.78 is 0. The van der Waals surface area contributed by atoms with Crippen molar-refractivity contribution in [2.75, 3.05) is 26.2 Å². The molecule has 0 spiro atoms. The lowest BCUT2D eigenvalue weighted by molar-refractivity contribution is -0.917. The molecule has 2 heteroatoms. The molecule has 1 atom stereocenters. The van der Waals surface area contributed by atoms with Crippen molar-refractivity contribution in [3.63, 3.8) is 0 Å². The second-order valence-corrected chi connectivity index (χ2v) is 3.96. The molecular weight excluding hydrogens is 136 g/mol. The van der Waals surface area contributed by atoms with Gasteiger partial charge in [0.15, 0.2) is 0 Å². The zero-order chi connectivity index (χ0) is 7.68. The maximum atomic E-state index is 3.60. The highest BCUT2D eigenvalue weighted by atomic mass is 15.2. The molecule has 2 nitrogen and oxygen atoms in total. The third-order valence-corrected chi connectivity index (χ3v) is 3.28. The fourth-order valence-corrected chi connectivity index (χ4v) is 2.63. The quantitative estimate of drug-likeness (QED) is 0.538. The van der Waals surface area contributed by atoms with Crippen molar-refractivity contribution in [3.8, 4) is 0 Å². The van der Waals surface area contributed by atoms with Crippen molar-refractivity contribution in [1.82, 2.24) is 5.32 Å². The van der Waals surface area contributed by atoms with E-state index in [2.05, 4.69) is 12.2 Å². The van der Waals surface area contributed by atoms with Gasteiger partial charge in [-0.15, -0.1) is 0 Å². The Morgan fingerprint density at radius 3 is 2.55 bits per heavy atom. The van der Waals surface area contributed by atoms with Gasteiger partial charge in [0.25, 0.3) is 0 Å². The van der Waals surface area contributed by atoms with E-state index in [9.17, 15) is 0 Å². The van der Waals surface area contributed by atoms with Gasteiger partial charge in [-0.2, -0.15) is 0 Å². The van der Waals surface area contributed by atoms with E-state index in [4.69, 9.17) is 0 Å². The van der Waals surface area contributed by atoms with Gasteiger partial charge in [-0.3, -0.25) is 0 Å². The van der Waals surface area contributed by atoms with E-state index in [0.29, 0.717) is 0 Å². The fraction of sp³-hybridized carbons (Fsp3) is 1.00. The van der Waals surface area contributed by atoms with Crippen LogP contribution in [-0.2, 0) is 0 Å². The normalized spacial score (nSPS) is 42.8. The van der Waals surface area contributed by atoms with Crippen LogP contribution < -0.4 is 10.2 Å². The molecule has 3 fully saturated rings. The van der Waals surface area contributed by atoms with Gasteiger partial charge in [-0.05, 0) is 12.5 Å². The summed E-state index contributed by atoms with van der Waals surface area (Å²) in [6, 6.07) is 0.845. The summed E-state index contributed by atoms with van der Waals surface area (Å²) in [6.45, 7) is 7.62. The Kier molecular flexibility index (Phi) is 2.14. The van der Waals surface area contributed by atoms with E-state index >= 15 is 0 Å². The van der Waals surface area contributed by atoms with Gasteiger partial charge < -0.3 is 10.2 Å². The summed E-state index contributed by atoms with van der Waals surface area (Å²) in [5, 5.41) is 3.60. The van der Waals surface area contributed by atoms with Gasteiger partial charge >= 0.3 is 0 Å². The average Bonchev–Trinajstić information content (AvgIpc) is 2.07. The summed E-state index contributed by atoms with van der Waals surface area (Å²) in [4.78, 5) is 1.83. The molecule has 3 aliphatic heterocycles. The lowest BCUT2D eigenvalue weighted by Gasteiger charge is -2.42. The molecule has 1 unspecified atom stereocenters. The third-order valence-electron chi connectivity index (χ3n) is 3.28. The number of likely N-dealkylation sites (N-methyl/N-ethyl adjacent to an activating group) is 1. The number of nitrogens with one attached hydrogen (secondary N) is 2. The number of piperidine rings is 3. The van der Waals surface area contributed by atoms with E-state index in [1.807, 2.05) is 4.90 Å². The van der Waals surface area contributed by atoms with Crippen LogP contribution in [0, 0.1) is 5.92 Å². The highest BCUT2D eigenvalue weighted by molar-refractivity contribution is 4.81. The minimum absolute atomic E-state index is 0.845. The summed E-state index contributed by atoms with van der Waals surface area (Å²) in [6.07, 6.45) is 2.93. The number of hydrogen-bond donors (Lipinski definition) is 2. The van der Waals surface area contributed by atoms with Crippen molar-refractivity contribution in [3.05, 3.63) is 0 Å². The van der Waals surface area contributed by atoms with Crippen LogP contribution in [0.15, 0.2) is 0 Å². The van der Waals surface area contributed by atoms with E-state index < -0.39 is 0 Å². The molecule has 0 radical (unpaired) electrons. The predicted molar refractivity (Wildman–Crippen MR) is 45.8 cm³/mol. The zero-order valence-corrected chi connectivity index (χ0v) is 7.40. The second-order valence-electron chi connectivity index (χ2n) is 3.96. The molecular formula is C9H19N2+. The topological polar surface area (TPSA) is 16.5 Å². The second kappa shape index (κ2) is 3.11. The SMILES string of the molecule is CCNC1C[NH+]2CCC1CC2. The Bertz CT molecular complexity index is 128. The van der Waals surface area contributed by atoms with E-state index in [-0.39, 0.29) is 0 Å². The summed E-state index contributed by atoms with van der Waals surface area (Å²) in [5.74, 6) is 1.01. The van der Waals surface area contributed by atoms with Crippen LogP contribution in [0.4, 0.5) is 0 Å². The van der Waals surface area contributed by atoms with Crippen molar-refractivity contribution in [2.45, 2.75) is 25.8 Å². The first-order valence-corrected chi connectivity index (χ1v) is 4.97. The van der Waals surface area contributed by atoms with Crippen LogP contribution >= 0.6 is 0 Å². The molecule has 0 aromatic rings. The molecule has 3 saturated heterocycles. The van der Waals surface area contributed by atoms with Crippen LogP contribution in [0.3, 0.4) is 0 Å². The van der Waals surface area contributed by atoms with Crippen molar-refractivity contribution >= 4 is 0 Å². The van der Waals surface area contributed by atoms with Crippen LogP contribution in [-0.4, -0.2) is 32.2 Å². The maximum Gasteiger partial charge on any atom is 0.0929 e. The highest BCUT2D eigenvalue weighted by Gasteiger charge is 2.36. The molecule has 64 valence electrons. The monoisotopic (exact) mass is 155 g/mol. The van der Waals surface area contributed by atoms with E-state index in [0.717, 1.165) is 18.5 Å². The van der Waals surface area contributed by atoms with Gasteiger partial charge in [0, 0.05) is 12.8 Å². The number of hydrogen-bond acceptors (Lipinski definition) is 1. The van der Waals surface area contributed by atoms with E-state index in [1.165, 1.54) is 32.5 Å². The molecule has 3 heterocycles. The molecule has 0 aliphatic carbocycles. The standard InChI is InChI=1S/C9H18N2/c1-2-10-9-7-11-5-3-8(9)4-6-11/h8-10H,2-7H2,1H3/p+1. The van der Waals surface area contributed by atoms with Gasteiger partial charge in [-0.1, -0.05) is 6.92 Å². The number of quaternary nitrogens is 1. The number of rotatable bonds is 2. The van der Waals surface area contributed by atoms with Crippen molar-refractivity contribution in [1.29, 1.82) is 0 Å². The summed E-state index contributed by atoms with van der Waals surface area (Å²) in [5.41, 5.74) is 0. The smallest absolute Gasteiger partial charge is 0.0929 e. The Balaban J connectivity index is 1.92. The van der Waals surface area contributed by atoms with Crippen molar-refractivity contribution in [2.24, 2.45) is 5.92 Å². The molecule has 0 amide bonds. The Hall–Kier alpha value is -0.0800. The van der Waals surface area contributed by atoms with Crippen LogP contribution in [0.2, 0.25) is 0 Å². The average molecular weight is 155 g/mol. The lowest BCUT2D eigenvalue weighted by Crippen LogP contribution is -3.16. The molecule has 0 saturated carbocycles. The van der Waals surface area contributed by atoms with Gasteiger partial charge in [0.05, 0.1) is 25.7 Å². The predicted octanol–water partition coefficient (Wildman–Crippen LogP) is -0.727. The first-order chi connectivity index (χ1) is 5.40. The lowest BCUT2D eigenvalue weighted by atomic mass is 9.84. The first kappa shape index (κ1) is 7.56. The highest BCUT2D eigenvalue weighted by Crippen LogP contribution is 2.17. The minimum atomic E-state index is 0.845.